The lowest BCUT2D eigenvalue weighted by Crippen LogP contribution is -2.49. The van der Waals surface area contributed by atoms with Crippen molar-refractivity contribution in [1.29, 1.82) is 0 Å². The number of ether oxygens (including phenoxy) is 2. The summed E-state index contributed by atoms with van der Waals surface area (Å²) in [4.78, 5) is 43.2. The van der Waals surface area contributed by atoms with Crippen LogP contribution in [0.2, 0.25) is 0 Å². The van der Waals surface area contributed by atoms with E-state index in [4.69, 9.17) is 9.47 Å². The minimum absolute atomic E-state index is 0.0178. The number of hydrogen-bond donors (Lipinski definition) is 1. The van der Waals surface area contributed by atoms with Crippen molar-refractivity contribution in [3.63, 3.8) is 0 Å². The van der Waals surface area contributed by atoms with Gasteiger partial charge in [0.05, 0.1) is 7.11 Å². The monoisotopic (exact) mass is 517 g/mol. The minimum Gasteiger partial charge on any atom is -0.467 e. The second-order valence-corrected chi connectivity index (χ2v) is 12.3. The molecule has 3 aliphatic heterocycles. The molecule has 2 amide bonds. The maximum Gasteiger partial charge on any atom is 0.411 e. The number of carbonyl (C=O) groups excluding carboxylic acids is 3. The average Bonchev–Trinajstić information content (AvgIpc) is 3.42. The molecule has 0 radical (unpaired) electrons. The molecule has 1 N–H and O–H groups in total. The van der Waals surface area contributed by atoms with E-state index < -0.39 is 23.7 Å². The molecule has 0 aliphatic carbocycles. The van der Waals surface area contributed by atoms with Gasteiger partial charge in [-0.2, -0.15) is 0 Å². The molecule has 36 heavy (non-hydrogen) atoms. The maximum absolute atomic E-state index is 12.8. The average molecular weight is 518 g/mol. The Morgan fingerprint density at radius 2 is 1.86 bits per heavy atom. The highest BCUT2D eigenvalue weighted by molar-refractivity contribution is 7.99. The van der Waals surface area contributed by atoms with Crippen molar-refractivity contribution >= 4 is 29.7 Å². The molecular weight excluding hydrogens is 478 g/mol. The fourth-order valence-corrected chi connectivity index (χ4v) is 6.79. The van der Waals surface area contributed by atoms with Gasteiger partial charge in [0.15, 0.2) is 0 Å². The van der Waals surface area contributed by atoms with Crippen LogP contribution in [0.25, 0.3) is 0 Å². The van der Waals surface area contributed by atoms with E-state index in [0.29, 0.717) is 13.0 Å². The van der Waals surface area contributed by atoms with E-state index in [9.17, 15) is 14.4 Å². The van der Waals surface area contributed by atoms with Crippen LogP contribution in [0.4, 0.5) is 4.79 Å². The Labute approximate surface area is 218 Å². The standard InChI is InChI=1S/C27H39N3O5S/c1-26(2,3)35-25(33)30-17-19(16-22(30)24(32)34-4)29-13-11-27(12-14-29)18-28-23(31)21(27)10-15-36-20-8-6-5-7-9-20/h5-9,19,21-22H,10-18H2,1-4H3,(H,28,31)/t19-,21?,22-/m0/s1. The summed E-state index contributed by atoms with van der Waals surface area (Å²) in [6.45, 7) is 8.33. The first-order chi connectivity index (χ1) is 17.1. The van der Waals surface area contributed by atoms with E-state index in [2.05, 4.69) is 22.3 Å². The number of benzene rings is 1. The van der Waals surface area contributed by atoms with E-state index in [0.717, 1.165) is 44.6 Å². The molecule has 198 valence electrons. The number of amides is 2. The van der Waals surface area contributed by atoms with Gasteiger partial charge in [-0.1, -0.05) is 18.2 Å². The Hall–Kier alpha value is -2.26. The fraction of sp³-hybridized carbons (Fsp3) is 0.667. The van der Waals surface area contributed by atoms with Crippen molar-refractivity contribution in [2.75, 3.05) is 39.0 Å². The quantitative estimate of drug-likeness (QED) is 0.456. The third-order valence-electron chi connectivity index (χ3n) is 7.78. The van der Waals surface area contributed by atoms with Crippen LogP contribution in [0.5, 0.6) is 0 Å². The Morgan fingerprint density at radius 1 is 1.17 bits per heavy atom. The van der Waals surface area contributed by atoms with Gasteiger partial charge in [0.1, 0.15) is 11.6 Å². The van der Waals surface area contributed by atoms with Crippen LogP contribution in [0.15, 0.2) is 35.2 Å². The van der Waals surface area contributed by atoms with Gasteiger partial charge < -0.3 is 14.8 Å². The predicted octanol–water partition coefficient (Wildman–Crippen LogP) is 3.55. The maximum atomic E-state index is 12.8. The molecule has 0 bridgehead atoms. The Balaban J connectivity index is 1.36. The van der Waals surface area contributed by atoms with Gasteiger partial charge in [0, 0.05) is 35.4 Å². The van der Waals surface area contributed by atoms with Crippen LogP contribution < -0.4 is 5.32 Å². The van der Waals surface area contributed by atoms with Gasteiger partial charge in [0.25, 0.3) is 0 Å². The lowest BCUT2D eigenvalue weighted by atomic mass is 9.69. The number of thioether (sulfide) groups is 1. The number of nitrogens with zero attached hydrogens (tertiary/aromatic N) is 2. The molecule has 3 atom stereocenters. The molecule has 0 aromatic heterocycles. The molecular formula is C27H39N3O5S. The summed E-state index contributed by atoms with van der Waals surface area (Å²) in [5.41, 5.74) is -0.654. The molecule has 1 unspecified atom stereocenters. The third-order valence-corrected chi connectivity index (χ3v) is 8.82. The molecule has 0 saturated carbocycles. The van der Waals surface area contributed by atoms with Crippen LogP contribution in [0, 0.1) is 11.3 Å². The van der Waals surface area contributed by atoms with Gasteiger partial charge >= 0.3 is 12.1 Å². The van der Waals surface area contributed by atoms with Crippen LogP contribution in [-0.2, 0) is 19.1 Å². The largest absolute Gasteiger partial charge is 0.467 e. The zero-order valence-corrected chi connectivity index (χ0v) is 22.6. The van der Waals surface area contributed by atoms with E-state index in [1.54, 1.807) is 11.8 Å². The number of carbonyl (C=O) groups is 3. The SMILES string of the molecule is COC(=O)[C@@H]1C[C@H](N2CCC3(CC2)CNC(=O)C3CCSc2ccccc2)CN1C(=O)OC(C)(C)C. The number of rotatable bonds is 6. The van der Waals surface area contributed by atoms with Crippen molar-refractivity contribution < 1.29 is 23.9 Å². The van der Waals surface area contributed by atoms with Crippen LogP contribution in [0.1, 0.15) is 46.5 Å². The second kappa shape index (κ2) is 11.0. The number of hydrogen-bond acceptors (Lipinski definition) is 7. The molecule has 3 saturated heterocycles. The third kappa shape index (κ3) is 5.99. The van der Waals surface area contributed by atoms with E-state index in [1.807, 2.05) is 39.0 Å². The van der Waals surface area contributed by atoms with Crippen LogP contribution >= 0.6 is 11.8 Å². The number of piperidine rings is 1. The Bertz CT molecular complexity index is 942. The lowest BCUT2D eigenvalue weighted by Gasteiger charge is -2.43. The number of nitrogens with one attached hydrogen (secondary N) is 1. The summed E-state index contributed by atoms with van der Waals surface area (Å²) in [5, 5.41) is 3.14. The van der Waals surface area contributed by atoms with Crippen LogP contribution in [0.3, 0.4) is 0 Å². The predicted molar refractivity (Wildman–Crippen MR) is 139 cm³/mol. The van der Waals surface area contributed by atoms with Crippen LogP contribution in [-0.4, -0.2) is 84.5 Å². The summed E-state index contributed by atoms with van der Waals surface area (Å²) >= 11 is 1.81. The first-order valence-corrected chi connectivity index (χ1v) is 13.9. The highest BCUT2D eigenvalue weighted by Gasteiger charge is 2.51. The summed E-state index contributed by atoms with van der Waals surface area (Å²) in [7, 11) is 1.36. The number of esters is 1. The topological polar surface area (TPSA) is 88.2 Å². The lowest BCUT2D eigenvalue weighted by molar-refractivity contribution is -0.145. The van der Waals surface area contributed by atoms with Gasteiger partial charge in [-0.3, -0.25) is 14.6 Å². The fourth-order valence-electron chi connectivity index (χ4n) is 5.86. The molecule has 9 heteroatoms. The summed E-state index contributed by atoms with van der Waals surface area (Å²) < 4.78 is 10.6. The Morgan fingerprint density at radius 3 is 2.50 bits per heavy atom. The van der Waals surface area contributed by atoms with Gasteiger partial charge in [0.2, 0.25) is 5.91 Å². The minimum atomic E-state index is -0.636. The first-order valence-electron chi connectivity index (χ1n) is 12.9. The van der Waals surface area contributed by atoms with Gasteiger partial charge in [-0.15, -0.1) is 11.8 Å². The Kier molecular flexibility index (Phi) is 8.19. The molecule has 3 aliphatic rings. The van der Waals surface area contributed by atoms with Gasteiger partial charge in [-0.25, -0.2) is 9.59 Å². The normalized spacial score (nSPS) is 26.2. The summed E-state index contributed by atoms with van der Waals surface area (Å²) in [6.07, 6.45) is 2.78. The van der Waals surface area contributed by atoms with Crippen molar-refractivity contribution in [1.82, 2.24) is 15.1 Å². The molecule has 3 fully saturated rings. The first kappa shape index (κ1) is 26.8. The van der Waals surface area contributed by atoms with E-state index in [-0.39, 0.29) is 23.3 Å². The highest BCUT2D eigenvalue weighted by atomic mass is 32.2. The second-order valence-electron chi connectivity index (χ2n) is 11.2. The molecule has 1 spiro atoms. The molecule has 1 aromatic carbocycles. The highest BCUT2D eigenvalue weighted by Crippen LogP contribution is 2.45. The number of methoxy groups -OCH3 is 1. The van der Waals surface area contributed by atoms with Crippen molar-refractivity contribution in [3.05, 3.63) is 30.3 Å². The van der Waals surface area contributed by atoms with Gasteiger partial charge in [-0.05, 0) is 77.4 Å². The van der Waals surface area contributed by atoms with E-state index in [1.165, 1.54) is 16.9 Å². The zero-order valence-electron chi connectivity index (χ0n) is 21.8. The summed E-state index contributed by atoms with van der Waals surface area (Å²) in [6, 6.07) is 9.75. The van der Waals surface area contributed by atoms with Crippen molar-refractivity contribution in [3.8, 4) is 0 Å². The zero-order chi connectivity index (χ0) is 25.9. The van der Waals surface area contributed by atoms with Crippen molar-refractivity contribution in [2.45, 2.75) is 69.0 Å². The van der Waals surface area contributed by atoms with Crippen molar-refractivity contribution in [2.24, 2.45) is 11.3 Å². The van der Waals surface area contributed by atoms with E-state index >= 15 is 0 Å². The molecule has 4 rings (SSSR count). The summed E-state index contributed by atoms with van der Waals surface area (Å²) in [5.74, 6) is 0.723. The molecule has 8 nitrogen and oxygen atoms in total. The number of likely N-dealkylation sites (tertiary alicyclic amines) is 2. The molecule has 3 heterocycles. The smallest absolute Gasteiger partial charge is 0.411 e. The molecule has 1 aromatic rings.